The zero-order valence-corrected chi connectivity index (χ0v) is 18.1. The zero-order chi connectivity index (χ0) is 19.8. The third kappa shape index (κ3) is 6.34. The second-order valence-electron chi connectivity index (χ2n) is 7.44. The van der Waals surface area contributed by atoms with Gasteiger partial charge in [-0.2, -0.15) is 0 Å². The fourth-order valence-corrected chi connectivity index (χ4v) is 4.16. The third-order valence-corrected chi connectivity index (χ3v) is 6.17. The highest BCUT2D eigenvalue weighted by molar-refractivity contribution is 7.09. The lowest BCUT2D eigenvalue weighted by Crippen LogP contribution is -2.39. The molecule has 0 bridgehead atoms. The maximum absolute atomic E-state index is 5.72. The molecule has 6 nitrogen and oxygen atoms in total. The van der Waals surface area contributed by atoms with Gasteiger partial charge in [0.1, 0.15) is 5.76 Å². The highest BCUT2D eigenvalue weighted by Gasteiger charge is 2.20. The molecule has 1 aliphatic rings. The first kappa shape index (κ1) is 20.9. The van der Waals surface area contributed by atoms with E-state index < -0.39 is 0 Å². The molecule has 2 aromatic rings. The Morgan fingerprint density at radius 1 is 1.32 bits per heavy atom. The van der Waals surface area contributed by atoms with Gasteiger partial charge in [0.05, 0.1) is 12.2 Å². The first-order valence-electron chi connectivity index (χ1n) is 10.3. The molecule has 28 heavy (non-hydrogen) atoms. The number of aryl methyl sites for hydroxylation is 2. The molecule has 0 radical (unpaired) electrons. The highest BCUT2D eigenvalue weighted by atomic mass is 32.1. The van der Waals surface area contributed by atoms with Crippen LogP contribution in [0.25, 0.3) is 0 Å². The number of nitrogens with zero attached hydrogens (tertiary/aromatic N) is 3. The van der Waals surface area contributed by atoms with Gasteiger partial charge in [0.25, 0.3) is 0 Å². The molecule has 2 aromatic heterocycles. The van der Waals surface area contributed by atoms with Crippen molar-refractivity contribution >= 4 is 17.3 Å². The molecule has 1 fully saturated rings. The summed E-state index contributed by atoms with van der Waals surface area (Å²) in [6.45, 7) is 11.8. The van der Waals surface area contributed by atoms with Crippen LogP contribution in [0.5, 0.6) is 0 Å². The van der Waals surface area contributed by atoms with E-state index in [9.17, 15) is 0 Å². The van der Waals surface area contributed by atoms with Crippen molar-refractivity contribution in [2.45, 2.75) is 46.6 Å². The summed E-state index contributed by atoms with van der Waals surface area (Å²) in [6.07, 6.45) is 3.40. The number of aliphatic imine (C=N–C) groups is 1. The third-order valence-electron chi connectivity index (χ3n) is 5.23. The summed E-state index contributed by atoms with van der Waals surface area (Å²) < 4.78 is 5.72. The van der Waals surface area contributed by atoms with Crippen molar-refractivity contribution in [3.8, 4) is 0 Å². The lowest BCUT2D eigenvalue weighted by Gasteiger charge is -2.30. The molecule has 3 rings (SSSR count). The second-order valence-corrected chi connectivity index (χ2v) is 8.48. The number of hydrogen-bond acceptors (Lipinski definition) is 5. The van der Waals surface area contributed by atoms with Crippen molar-refractivity contribution in [2.75, 3.05) is 32.7 Å². The molecule has 1 saturated heterocycles. The van der Waals surface area contributed by atoms with Crippen molar-refractivity contribution in [3.05, 3.63) is 39.7 Å². The molecule has 0 spiro atoms. The van der Waals surface area contributed by atoms with Crippen LogP contribution in [-0.2, 0) is 13.0 Å². The lowest BCUT2D eigenvalue weighted by atomic mass is 9.97. The van der Waals surface area contributed by atoms with Crippen LogP contribution in [0.4, 0.5) is 0 Å². The van der Waals surface area contributed by atoms with E-state index in [1.54, 1.807) is 0 Å². The van der Waals surface area contributed by atoms with Crippen LogP contribution in [0.2, 0.25) is 0 Å². The fraction of sp³-hybridized carbons (Fsp3) is 0.619. The van der Waals surface area contributed by atoms with E-state index in [-0.39, 0.29) is 0 Å². The second kappa shape index (κ2) is 10.6. The standard InChI is InChI=1S/C21H33N5OS/c1-4-22-21(23-10-7-19-6-5-13-28-19)24-14-18-8-11-26(12-9-18)15-20-25-16(2)17(3)27-20/h5-6,13,18H,4,7-12,14-15H2,1-3H3,(H2,22,23,24). The number of hydrogen-bond donors (Lipinski definition) is 2. The van der Waals surface area contributed by atoms with E-state index in [1.165, 1.54) is 17.7 Å². The van der Waals surface area contributed by atoms with E-state index in [1.807, 2.05) is 25.2 Å². The minimum absolute atomic E-state index is 0.650. The predicted molar refractivity (Wildman–Crippen MR) is 116 cm³/mol. The Morgan fingerprint density at radius 3 is 2.79 bits per heavy atom. The van der Waals surface area contributed by atoms with Crippen LogP contribution in [0.1, 0.15) is 42.0 Å². The van der Waals surface area contributed by atoms with Crippen LogP contribution in [0.15, 0.2) is 26.9 Å². The van der Waals surface area contributed by atoms with Gasteiger partial charge in [0, 0.05) is 24.5 Å². The van der Waals surface area contributed by atoms with E-state index in [2.05, 4.69) is 45.0 Å². The predicted octanol–water partition coefficient (Wildman–Crippen LogP) is 3.36. The number of nitrogens with one attached hydrogen (secondary N) is 2. The highest BCUT2D eigenvalue weighted by Crippen LogP contribution is 2.20. The molecule has 2 N–H and O–H groups in total. The Balaban J connectivity index is 1.40. The number of piperidine rings is 1. The zero-order valence-electron chi connectivity index (χ0n) is 17.3. The number of guanidine groups is 1. The molecule has 1 aliphatic heterocycles. The Hall–Kier alpha value is -1.86. The van der Waals surface area contributed by atoms with Crippen molar-refractivity contribution in [2.24, 2.45) is 10.9 Å². The minimum atomic E-state index is 0.650. The van der Waals surface area contributed by atoms with Gasteiger partial charge in [-0.05, 0) is 70.5 Å². The minimum Gasteiger partial charge on any atom is -0.444 e. The summed E-state index contributed by atoms with van der Waals surface area (Å²) >= 11 is 1.81. The van der Waals surface area contributed by atoms with E-state index in [4.69, 9.17) is 9.41 Å². The molecule has 0 saturated carbocycles. The van der Waals surface area contributed by atoms with Crippen LogP contribution in [0, 0.1) is 19.8 Å². The number of likely N-dealkylation sites (tertiary alicyclic amines) is 1. The molecule has 7 heteroatoms. The summed E-state index contributed by atoms with van der Waals surface area (Å²) in [7, 11) is 0. The number of aromatic nitrogens is 1. The van der Waals surface area contributed by atoms with Gasteiger partial charge in [-0.3, -0.25) is 9.89 Å². The smallest absolute Gasteiger partial charge is 0.208 e. The maximum atomic E-state index is 5.72. The molecular weight excluding hydrogens is 370 g/mol. The number of oxazole rings is 1. The summed E-state index contributed by atoms with van der Waals surface area (Å²) in [5.74, 6) is 3.36. The molecule has 0 atom stereocenters. The number of rotatable bonds is 8. The first-order valence-corrected chi connectivity index (χ1v) is 11.2. The lowest BCUT2D eigenvalue weighted by molar-refractivity contribution is 0.166. The average Bonchev–Trinajstić information content (AvgIpc) is 3.31. The maximum Gasteiger partial charge on any atom is 0.208 e. The van der Waals surface area contributed by atoms with Crippen LogP contribution in [-0.4, -0.2) is 48.6 Å². The molecule has 0 unspecified atom stereocenters. The van der Waals surface area contributed by atoms with Gasteiger partial charge in [-0.25, -0.2) is 4.98 Å². The van der Waals surface area contributed by atoms with E-state index in [0.717, 1.165) is 69.0 Å². The van der Waals surface area contributed by atoms with Gasteiger partial charge in [0.15, 0.2) is 5.96 Å². The summed E-state index contributed by atoms with van der Waals surface area (Å²) in [4.78, 5) is 13.2. The molecule has 0 amide bonds. The van der Waals surface area contributed by atoms with E-state index >= 15 is 0 Å². The van der Waals surface area contributed by atoms with Gasteiger partial charge in [-0.1, -0.05) is 6.07 Å². The van der Waals surface area contributed by atoms with Crippen LogP contribution < -0.4 is 10.6 Å². The molecule has 3 heterocycles. The quantitative estimate of drug-likeness (QED) is 0.523. The van der Waals surface area contributed by atoms with Gasteiger partial charge < -0.3 is 15.1 Å². The molecule has 0 aliphatic carbocycles. The van der Waals surface area contributed by atoms with Crippen molar-refractivity contribution in [1.29, 1.82) is 0 Å². The Morgan fingerprint density at radius 2 is 2.14 bits per heavy atom. The average molecular weight is 404 g/mol. The normalized spacial score (nSPS) is 16.5. The molecular formula is C21H33N5OS. The van der Waals surface area contributed by atoms with Gasteiger partial charge in [0.2, 0.25) is 5.89 Å². The van der Waals surface area contributed by atoms with Crippen molar-refractivity contribution in [3.63, 3.8) is 0 Å². The molecule has 154 valence electrons. The molecule has 0 aromatic carbocycles. The summed E-state index contributed by atoms with van der Waals surface area (Å²) in [5, 5.41) is 8.95. The van der Waals surface area contributed by atoms with Gasteiger partial charge >= 0.3 is 0 Å². The van der Waals surface area contributed by atoms with Gasteiger partial charge in [-0.15, -0.1) is 11.3 Å². The van der Waals surface area contributed by atoms with E-state index in [0.29, 0.717) is 5.92 Å². The SMILES string of the molecule is CCNC(=NCC1CCN(Cc2nc(C)c(C)o2)CC1)NCCc1cccs1. The number of thiophene rings is 1. The van der Waals surface area contributed by atoms with Crippen LogP contribution >= 0.6 is 11.3 Å². The fourth-order valence-electron chi connectivity index (χ4n) is 3.45. The van der Waals surface area contributed by atoms with Crippen LogP contribution in [0.3, 0.4) is 0 Å². The summed E-state index contributed by atoms with van der Waals surface area (Å²) in [5.41, 5.74) is 1.00. The first-order chi connectivity index (χ1) is 13.6. The van der Waals surface area contributed by atoms with Crippen molar-refractivity contribution < 1.29 is 4.42 Å². The Kier molecular flexibility index (Phi) is 7.91. The summed E-state index contributed by atoms with van der Waals surface area (Å²) in [6, 6.07) is 4.29. The monoisotopic (exact) mass is 403 g/mol. The Bertz CT molecular complexity index is 713. The topological polar surface area (TPSA) is 65.7 Å². The van der Waals surface area contributed by atoms with Crippen molar-refractivity contribution in [1.82, 2.24) is 20.5 Å². The Labute approximate surface area is 172 Å². The largest absolute Gasteiger partial charge is 0.444 e.